The number of rotatable bonds is 10. The summed E-state index contributed by atoms with van der Waals surface area (Å²) in [5, 5.41) is 11.5. The van der Waals surface area contributed by atoms with Crippen molar-refractivity contribution in [3.8, 4) is 17.2 Å². The maximum absolute atomic E-state index is 13.3. The third-order valence-corrected chi connectivity index (χ3v) is 6.02. The Labute approximate surface area is 212 Å². The molecule has 0 radical (unpaired) electrons. The number of amides is 1. The van der Waals surface area contributed by atoms with E-state index in [0.29, 0.717) is 40.5 Å². The number of nitrogens with zero attached hydrogens (tertiary/aromatic N) is 1. The molecule has 1 aliphatic heterocycles. The Kier molecular flexibility index (Phi) is 8.63. The van der Waals surface area contributed by atoms with E-state index in [4.69, 9.17) is 18.9 Å². The van der Waals surface area contributed by atoms with Gasteiger partial charge in [0, 0.05) is 19.2 Å². The topological polar surface area (TPSA) is 94.5 Å². The molecule has 3 rings (SSSR count). The van der Waals surface area contributed by atoms with Crippen LogP contribution in [0.5, 0.6) is 17.2 Å². The third-order valence-electron chi connectivity index (χ3n) is 6.02. The van der Waals surface area contributed by atoms with Crippen LogP contribution in [-0.2, 0) is 14.3 Å². The average molecular weight is 498 g/mol. The van der Waals surface area contributed by atoms with E-state index in [9.17, 15) is 14.7 Å². The number of aryl methyl sites for hydroxylation is 2. The standard InChI is InChI=1S/C28H35NO7/c1-8-35-23-15-19(9-10-21(23)36-16(2)3)25-24(27(31)28(32)29(25)11-12-33-6)26(30)20-13-18(5)22(34-7)14-17(20)4/h9-10,13-16,25,30H,8,11-12H2,1-7H3/b26-24+. The number of hydrogen-bond acceptors (Lipinski definition) is 7. The molecular weight excluding hydrogens is 462 g/mol. The van der Waals surface area contributed by atoms with Crippen molar-refractivity contribution in [1.82, 2.24) is 4.90 Å². The van der Waals surface area contributed by atoms with E-state index in [0.717, 1.165) is 5.56 Å². The highest BCUT2D eigenvalue weighted by molar-refractivity contribution is 6.46. The monoisotopic (exact) mass is 497 g/mol. The van der Waals surface area contributed by atoms with Crippen molar-refractivity contribution >= 4 is 17.4 Å². The summed E-state index contributed by atoms with van der Waals surface area (Å²) in [6, 6.07) is 8.04. The molecule has 1 saturated heterocycles. The molecule has 0 bridgehead atoms. The molecule has 1 N–H and O–H groups in total. The minimum atomic E-state index is -0.825. The molecule has 0 saturated carbocycles. The van der Waals surface area contributed by atoms with Gasteiger partial charge in [0.15, 0.2) is 11.5 Å². The summed E-state index contributed by atoms with van der Waals surface area (Å²) in [4.78, 5) is 27.8. The number of benzene rings is 2. The summed E-state index contributed by atoms with van der Waals surface area (Å²) in [6.45, 7) is 10.2. The van der Waals surface area contributed by atoms with Crippen molar-refractivity contribution < 1.29 is 33.6 Å². The quantitative estimate of drug-likeness (QED) is 0.292. The maximum atomic E-state index is 13.3. The van der Waals surface area contributed by atoms with Gasteiger partial charge in [0.1, 0.15) is 11.5 Å². The first kappa shape index (κ1) is 27.1. The number of aliphatic hydroxyl groups excluding tert-OH is 1. The fourth-order valence-electron chi connectivity index (χ4n) is 4.37. The lowest BCUT2D eigenvalue weighted by Crippen LogP contribution is -2.32. The Morgan fingerprint density at radius 2 is 1.75 bits per heavy atom. The van der Waals surface area contributed by atoms with Gasteiger partial charge >= 0.3 is 0 Å². The molecule has 0 spiro atoms. The molecule has 1 amide bonds. The Bertz CT molecular complexity index is 1170. The molecule has 36 heavy (non-hydrogen) atoms. The molecule has 2 aromatic rings. The second kappa shape index (κ2) is 11.5. The Hall–Kier alpha value is -3.52. The van der Waals surface area contributed by atoms with Crippen LogP contribution in [0.1, 0.15) is 49.1 Å². The SMILES string of the molecule is CCOc1cc(C2/C(=C(\O)c3cc(C)c(OC)cc3C)C(=O)C(=O)N2CCOC)ccc1OC(C)C. The summed E-state index contributed by atoms with van der Waals surface area (Å²) < 4.78 is 22.3. The van der Waals surface area contributed by atoms with Crippen molar-refractivity contribution in [2.24, 2.45) is 0 Å². The lowest BCUT2D eigenvalue weighted by atomic mass is 9.93. The first-order valence-electron chi connectivity index (χ1n) is 12.0. The molecule has 1 fully saturated rings. The van der Waals surface area contributed by atoms with Gasteiger partial charge in [0.25, 0.3) is 11.7 Å². The van der Waals surface area contributed by atoms with Crippen molar-refractivity contribution in [2.45, 2.75) is 46.8 Å². The summed E-state index contributed by atoms with van der Waals surface area (Å²) in [5.74, 6) is 0.0534. The summed E-state index contributed by atoms with van der Waals surface area (Å²) in [6.07, 6.45) is -0.0660. The van der Waals surface area contributed by atoms with Gasteiger partial charge < -0.3 is 29.0 Å². The van der Waals surface area contributed by atoms with Gasteiger partial charge in [-0.25, -0.2) is 0 Å². The molecule has 1 aliphatic rings. The minimum Gasteiger partial charge on any atom is -0.507 e. The number of likely N-dealkylation sites (tertiary alicyclic amines) is 1. The second-order valence-corrected chi connectivity index (χ2v) is 8.93. The number of carbonyl (C=O) groups is 2. The first-order valence-corrected chi connectivity index (χ1v) is 12.0. The summed E-state index contributed by atoms with van der Waals surface area (Å²) in [5.41, 5.74) is 2.61. The predicted molar refractivity (Wildman–Crippen MR) is 137 cm³/mol. The van der Waals surface area contributed by atoms with Gasteiger partial charge in [-0.15, -0.1) is 0 Å². The highest BCUT2D eigenvalue weighted by Crippen LogP contribution is 2.43. The van der Waals surface area contributed by atoms with Crippen molar-refractivity contribution in [1.29, 1.82) is 0 Å². The molecule has 0 aliphatic carbocycles. The lowest BCUT2D eigenvalue weighted by molar-refractivity contribution is -0.140. The zero-order valence-corrected chi connectivity index (χ0v) is 22.0. The van der Waals surface area contributed by atoms with Crippen LogP contribution >= 0.6 is 0 Å². The van der Waals surface area contributed by atoms with Gasteiger partial charge in [-0.3, -0.25) is 9.59 Å². The minimum absolute atomic E-state index is 0.0174. The van der Waals surface area contributed by atoms with Crippen LogP contribution in [0.25, 0.3) is 5.76 Å². The van der Waals surface area contributed by atoms with Crippen LogP contribution in [-0.4, -0.2) is 61.8 Å². The highest BCUT2D eigenvalue weighted by atomic mass is 16.5. The third kappa shape index (κ3) is 5.33. The Morgan fingerprint density at radius 1 is 1.03 bits per heavy atom. The smallest absolute Gasteiger partial charge is 0.295 e. The number of carbonyl (C=O) groups excluding carboxylic acids is 2. The normalized spacial score (nSPS) is 17.1. The molecule has 1 heterocycles. The first-order chi connectivity index (χ1) is 17.1. The van der Waals surface area contributed by atoms with E-state index in [-0.39, 0.29) is 30.6 Å². The molecule has 1 atom stereocenters. The molecule has 1 unspecified atom stereocenters. The van der Waals surface area contributed by atoms with Crippen LogP contribution in [0.2, 0.25) is 0 Å². The summed E-state index contributed by atoms with van der Waals surface area (Å²) >= 11 is 0. The van der Waals surface area contributed by atoms with Gasteiger partial charge in [-0.1, -0.05) is 6.07 Å². The number of aliphatic hydroxyl groups is 1. The van der Waals surface area contributed by atoms with Crippen LogP contribution in [0.15, 0.2) is 35.9 Å². The molecule has 0 aromatic heterocycles. The van der Waals surface area contributed by atoms with Crippen molar-refractivity contribution in [2.75, 3.05) is 34.0 Å². The largest absolute Gasteiger partial charge is 0.507 e. The van der Waals surface area contributed by atoms with Crippen molar-refractivity contribution in [3.63, 3.8) is 0 Å². The highest BCUT2D eigenvalue weighted by Gasteiger charge is 2.46. The van der Waals surface area contributed by atoms with Gasteiger partial charge in [0.2, 0.25) is 0 Å². The lowest BCUT2D eigenvalue weighted by Gasteiger charge is -2.26. The molecule has 194 valence electrons. The fraction of sp³-hybridized carbons (Fsp3) is 0.429. The Balaban J connectivity index is 2.23. The van der Waals surface area contributed by atoms with E-state index in [1.54, 1.807) is 37.4 Å². The predicted octanol–water partition coefficient (Wildman–Crippen LogP) is 4.57. The molecule has 8 heteroatoms. The van der Waals surface area contributed by atoms with Gasteiger partial charge in [0.05, 0.1) is 38.0 Å². The second-order valence-electron chi connectivity index (χ2n) is 8.93. The fourth-order valence-corrected chi connectivity index (χ4v) is 4.37. The number of Topliss-reactive ketones (excluding diaryl/α,β-unsaturated/α-hetero) is 1. The number of methoxy groups -OCH3 is 2. The molecule has 8 nitrogen and oxygen atoms in total. The zero-order valence-electron chi connectivity index (χ0n) is 22.0. The van der Waals surface area contributed by atoms with E-state index in [2.05, 4.69) is 0 Å². The molecule has 2 aromatic carbocycles. The van der Waals surface area contributed by atoms with Crippen LogP contribution in [0.3, 0.4) is 0 Å². The van der Waals surface area contributed by atoms with Crippen LogP contribution in [0, 0.1) is 13.8 Å². The van der Waals surface area contributed by atoms with Crippen LogP contribution in [0.4, 0.5) is 0 Å². The van der Waals surface area contributed by atoms with Crippen molar-refractivity contribution in [3.05, 3.63) is 58.2 Å². The van der Waals surface area contributed by atoms with Gasteiger partial charge in [-0.05, 0) is 75.6 Å². The molecular formula is C28H35NO7. The zero-order chi connectivity index (χ0) is 26.6. The number of ketones is 1. The average Bonchev–Trinajstić information content (AvgIpc) is 3.09. The maximum Gasteiger partial charge on any atom is 0.295 e. The Morgan fingerprint density at radius 3 is 2.36 bits per heavy atom. The van der Waals surface area contributed by atoms with Crippen LogP contribution < -0.4 is 14.2 Å². The van der Waals surface area contributed by atoms with E-state index < -0.39 is 17.7 Å². The van der Waals surface area contributed by atoms with Gasteiger partial charge in [-0.2, -0.15) is 0 Å². The van der Waals surface area contributed by atoms with E-state index >= 15 is 0 Å². The number of hydrogen-bond donors (Lipinski definition) is 1. The summed E-state index contributed by atoms with van der Waals surface area (Å²) in [7, 11) is 3.10. The van der Waals surface area contributed by atoms with E-state index in [1.165, 1.54) is 12.0 Å². The number of ether oxygens (including phenoxy) is 4. The van der Waals surface area contributed by atoms with E-state index in [1.807, 2.05) is 34.6 Å².